The van der Waals surface area contributed by atoms with Crippen LogP contribution in [0.2, 0.25) is 0 Å². The van der Waals surface area contributed by atoms with Gasteiger partial charge in [0.1, 0.15) is 0 Å². The Morgan fingerprint density at radius 2 is 1.58 bits per heavy atom. The van der Waals surface area contributed by atoms with Crippen molar-refractivity contribution < 1.29 is 9.59 Å². The van der Waals surface area contributed by atoms with Crippen molar-refractivity contribution in [2.24, 2.45) is 0 Å². The zero-order valence-electron chi connectivity index (χ0n) is 20.3. The minimum absolute atomic E-state index is 0.0597. The topological polar surface area (TPSA) is 62.3 Å². The molecule has 2 amide bonds. The SMILES string of the molecule is Cc1cccc2c(C(=O)Nc3ccc(C(=O)N4CCCCCC4)cc3)cc(-c3ccc(Br)cc3)nc12. The molecule has 0 radical (unpaired) electrons. The first kappa shape index (κ1) is 24.2. The van der Waals surface area contributed by atoms with Crippen LogP contribution in [-0.2, 0) is 0 Å². The number of aryl methyl sites for hydroxylation is 1. The predicted octanol–water partition coefficient (Wildman–Crippen LogP) is 7.24. The van der Waals surface area contributed by atoms with Gasteiger partial charge in [-0.1, -0.05) is 59.1 Å². The molecule has 0 bridgehead atoms. The number of halogens is 1. The van der Waals surface area contributed by atoms with Gasteiger partial charge in [-0.3, -0.25) is 9.59 Å². The van der Waals surface area contributed by atoms with Crippen molar-refractivity contribution in [1.29, 1.82) is 0 Å². The lowest BCUT2D eigenvalue weighted by molar-refractivity contribution is 0.0761. The summed E-state index contributed by atoms with van der Waals surface area (Å²) in [6.45, 7) is 3.63. The maximum Gasteiger partial charge on any atom is 0.256 e. The third-order valence-corrected chi connectivity index (χ3v) is 7.24. The summed E-state index contributed by atoms with van der Waals surface area (Å²) in [7, 11) is 0. The van der Waals surface area contributed by atoms with E-state index in [1.54, 1.807) is 24.3 Å². The van der Waals surface area contributed by atoms with E-state index in [1.165, 1.54) is 12.8 Å². The number of likely N-dealkylation sites (tertiary alicyclic amines) is 1. The zero-order valence-corrected chi connectivity index (χ0v) is 21.8. The number of para-hydroxylation sites is 1. The molecule has 3 aromatic carbocycles. The molecule has 1 saturated heterocycles. The number of carbonyl (C=O) groups is 2. The second kappa shape index (κ2) is 10.6. The van der Waals surface area contributed by atoms with Crippen molar-refractivity contribution in [3.8, 4) is 11.3 Å². The molecule has 0 saturated carbocycles. The molecule has 0 aliphatic carbocycles. The largest absolute Gasteiger partial charge is 0.339 e. The molecule has 1 fully saturated rings. The molecular weight excluding hydrogens is 514 g/mol. The molecule has 6 heteroatoms. The molecule has 1 aliphatic heterocycles. The van der Waals surface area contributed by atoms with Crippen LogP contribution in [-0.4, -0.2) is 34.8 Å². The number of pyridine rings is 1. The number of rotatable bonds is 4. The second-order valence-corrected chi connectivity index (χ2v) is 10.2. The standard InChI is InChI=1S/C30H28BrN3O2/c1-20-7-6-8-25-26(19-27(33-28(20)25)21-9-13-23(31)14-10-21)29(35)32-24-15-11-22(12-16-24)30(36)34-17-4-2-3-5-18-34/h6-16,19H,2-5,17-18H2,1H3,(H,32,35). The molecule has 5 nitrogen and oxygen atoms in total. The highest BCUT2D eigenvalue weighted by Gasteiger charge is 2.18. The fraction of sp³-hybridized carbons (Fsp3) is 0.233. The molecule has 0 spiro atoms. The van der Waals surface area contributed by atoms with Crippen LogP contribution in [0.1, 0.15) is 52.0 Å². The maximum absolute atomic E-state index is 13.5. The number of nitrogens with zero attached hydrogens (tertiary/aromatic N) is 2. The van der Waals surface area contributed by atoms with Gasteiger partial charge in [-0.15, -0.1) is 0 Å². The van der Waals surface area contributed by atoms with Gasteiger partial charge in [0.15, 0.2) is 0 Å². The lowest BCUT2D eigenvalue weighted by Gasteiger charge is -2.20. The number of aromatic nitrogens is 1. The average molecular weight is 542 g/mol. The highest BCUT2D eigenvalue weighted by molar-refractivity contribution is 9.10. The molecule has 1 N–H and O–H groups in total. The number of nitrogens with one attached hydrogen (secondary N) is 1. The van der Waals surface area contributed by atoms with Gasteiger partial charge in [0.25, 0.3) is 11.8 Å². The van der Waals surface area contributed by atoms with E-state index in [0.717, 1.165) is 58.1 Å². The van der Waals surface area contributed by atoms with Crippen molar-refractivity contribution in [2.75, 3.05) is 18.4 Å². The molecule has 1 aromatic heterocycles. The average Bonchev–Trinajstić information content (AvgIpc) is 3.19. The summed E-state index contributed by atoms with van der Waals surface area (Å²) in [6.07, 6.45) is 4.48. The molecule has 2 heterocycles. The molecule has 1 aliphatic rings. The summed E-state index contributed by atoms with van der Waals surface area (Å²) < 4.78 is 0.985. The van der Waals surface area contributed by atoms with Gasteiger partial charge in [0.05, 0.1) is 16.8 Å². The van der Waals surface area contributed by atoms with Gasteiger partial charge in [-0.05, 0) is 67.8 Å². The summed E-state index contributed by atoms with van der Waals surface area (Å²) in [4.78, 5) is 33.2. The highest BCUT2D eigenvalue weighted by atomic mass is 79.9. The first-order valence-corrected chi connectivity index (χ1v) is 13.2. The number of fused-ring (bicyclic) bond motifs is 1. The Kier molecular flexibility index (Phi) is 7.14. The highest BCUT2D eigenvalue weighted by Crippen LogP contribution is 2.28. The summed E-state index contributed by atoms with van der Waals surface area (Å²) in [6, 6.07) is 22.8. The normalized spacial score (nSPS) is 13.9. The van der Waals surface area contributed by atoms with Crippen LogP contribution in [0.15, 0.2) is 77.3 Å². The van der Waals surface area contributed by atoms with E-state index in [2.05, 4.69) is 21.2 Å². The second-order valence-electron chi connectivity index (χ2n) is 9.27. The first-order chi connectivity index (χ1) is 17.5. The van der Waals surface area contributed by atoms with Gasteiger partial charge in [0, 0.05) is 39.8 Å². The van der Waals surface area contributed by atoms with Crippen molar-refractivity contribution in [1.82, 2.24) is 9.88 Å². The molecular formula is C30H28BrN3O2. The van der Waals surface area contributed by atoms with Gasteiger partial charge < -0.3 is 10.2 Å². The number of hydrogen-bond donors (Lipinski definition) is 1. The molecule has 0 atom stereocenters. The molecule has 0 unspecified atom stereocenters. The zero-order chi connectivity index (χ0) is 25.1. The fourth-order valence-corrected chi connectivity index (χ4v) is 4.96. The monoisotopic (exact) mass is 541 g/mol. The van der Waals surface area contributed by atoms with E-state index in [1.807, 2.05) is 60.4 Å². The summed E-state index contributed by atoms with van der Waals surface area (Å²) in [5, 5.41) is 3.82. The van der Waals surface area contributed by atoms with E-state index in [0.29, 0.717) is 16.8 Å². The Morgan fingerprint density at radius 1 is 0.889 bits per heavy atom. The van der Waals surface area contributed by atoms with Crippen LogP contribution in [0.3, 0.4) is 0 Å². The van der Waals surface area contributed by atoms with Gasteiger partial charge in [0.2, 0.25) is 0 Å². The number of anilines is 1. The van der Waals surface area contributed by atoms with Crippen LogP contribution in [0.4, 0.5) is 5.69 Å². The van der Waals surface area contributed by atoms with E-state index in [-0.39, 0.29) is 11.8 Å². The summed E-state index contributed by atoms with van der Waals surface area (Å²) in [5.74, 6) is -0.150. The maximum atomic E-state index is 13.5. The number of hydrogen-bond acceptors (Lipinski definition) is 3. The van der Waals surface area contributed by atoms with Gasteiger partial charge in [-0.2, -0.15) is 0 Å². The molecule has 4 aromatic rings. The Morgan fingerprint density at radius 3 is 2.28 bits per heavy atom. The van der Waals surface area contributed by atoms with E-state index in [4.69, 9.17) is 4.98 Å². The van der Waals surface area contributed by atoms with Gasteiger partial charge >= 0.3 is 0 Å². The van der Waals surface area contributed by atoms with Crippen LogP contribution >= 0.6 is 15.9 Å². The Balaban J connectivity index is 1.42. The third kappa shape index (κ3) is 5.19. The first-order valence-electron chi connectivity index (χ1n) is 12.4. The van der Waals surface area contributed by atoms with Crippen LogP contribution < -0.4 is 5.32 Å². The lowest BCUT2D eigenvalue weighted by atomic mass is 10.0. The quantitative estimate of drug-likeness (QED) is 0.296. The van der Waals surface area contributed by atoms with Crippen LogP contribution in [0.5, 0.6) is 0 Å². The van der Waals surface area contributed by atoms with E-state index in [9.17, 15) is 9.59 Å². The minimum atomic E-state index is -0.210. The number of amides is 2. The predicted molar refractivity (Wildman–Crippen MR) is 148 cm³/mol. The Labute approximate surface area is 219 Å². The number of carbonyl (C=O) groups excluding carboxylic acids is 2. The smallest absolute Gasteiger partial charge is 0.256 e. The van der Waals surface area contributed by atoms with Crippen LogP contribution in [0.25, 0.3) is 22.2 Å². The molecule has 182 valence electrons. The van der Waals surface area contributed by atoms with Crippen molar-refractivity contribution in [3.63, 3.8) is 0 Å². The number of benzene rings is 3. The molecule has 5 rings (SSSR count). The Hall–Kier alpha value is -3.51. The van der Waals surface area contributed by atoms with Gasteiger partial charge in [-0.25, -0.2) is 4.98 Å². The van der Waals surface area contributed by atoms with Crippen LogP contribution in [0, 0.1) is 6.92 Å². The third-order valence-electron chi connectivity index (χ3n) is 6.71. The summed E-state index contributed by atoms with van der Waals surface area (Å²) in [5.41, 5.74) is 5.36. The van der Waals surface area contributed by atoms with Crippen molar-refractivity contribution >= 4 is 44.3 Å². The summed E-state index contributed by atoms with van der Waals surface area (Å²) >= 11 is 3.48. The van der Waals surface area contributed by atoms with E-state index < -0.39 is 0 Å². The lowest BCUT2D eigenvalue weighted by Crippen LogP contribution is -2.31. The van der Waals surface area contributed by atoms with Crippen molar-refractivity contribution in [3.05, 3.63) is 94.0 Å². The Bertz CT molecular complexity index is 1410. The minimum Gasteiger partial charge on any atom is -0.339 e. The molecule has 36 heavy (non-hydrogen) atoms. The fourth-order valence-electron chi connectivity index (χ4n) is 4.70. The van der Waals surface area contributed by atoms with Crippen molar-refractivity contribution in [2.45, 2.75) is 32.6 Å². The van der Waals surface area contributed by atoms with E-state index >= 15 is 0 Å².